The molecule has 3 N–H and O–H groups in total. The first-order valence-electron chi connectivity index (χ1n) is 12.1. The van der Waals surface area contributed by atoms with Gasteiger partial charge in [0.2, 0.25) is 0 Å². The lowest BCUT2D eigenvalue weighted by molar-refractivity contribution is -0.153. The number of rotatable bonds is 22. The summed E-state index contributed by atoms with van der Waals surface area (Å²) < 4.78 is 31.5. The normalized spacial score (nSPS) is 15.1. The van der Waals surface area contributed by atoms with Gasteiger partial charge in [0.15, 0.2) is 0 Å². The van der Waals surface area contributed by atoms with Crippen LogP contribution >= 0.6 is 7.82 Å². The number of carbonyl (C=O) groups excluding carboxylic acids is 2. The molecule has 3 unspecified atom stereocenters. The molecule has 0 aromatic heterocycles. The molecule has 0 bridgehead atoms. The zero-order valence-corrected chi connectivity index (χ0v) is 21.5. The number of hydrogen-bond donors (Lipinski definition) is 3. The van der Waals surface area contributed by atoms with E-state index in [0.717, 1.165) is 44.9 Å². The van der Waals surface area contributed by atoms with Crippen LogP contribution in [0.25, 0.3) is 0 Å². The molecule has 0 aromatic carbocycles. The number of aliphatic hydroxyl groups excluding tert-OH is 2. The summed E-state index contributed by atoms with van der Waals surface area (Å²) in [5.41, 5.74) is 0. The summed E-state index contributed by atoms with van der Waals surface area (Å²) >= 11 is 0. The van der Waals surface area contributed by atoms with Crippen molar-refractivity contribution in [1.29, 1.82) is 0 Å². The largest absolute Gasteiger partial charge is 0.472 e. The lowest BCUT2D eigenvalue weighted by Gasteiger charge is -2.20. The van der Waals surface area contributed by atoms with Crippen LogP contribution in [0.4, 0.5) is 0 Å². The molecule has 0 heterocycles. The van der Waals surface area contributed by atoms with Crippen LogP contribution in [0.3, 0.4) is 0 Å². The number of phosphoric acid groups is 1. The minimum Gasteiger partial charge on any atom is -0.457 e. The third kappa shape index (κ3) is 19.1. The Kier molecular flexibility index (Phi) is 20.2. The Labute approximate surface area is 203 Å². The van der Waals surface area contributed by atoms with Crippen LogP contribution in [0.2, 0.25) is 0 Å². The molecule has 0 aliphatic rings. The number of hydrogen-bond acceptors (Lipinski definition) is 9. The van der Waals surface area contributed by atoms with Gasteiger partial charge in [-0.05, 0) is 32.1 Å². The molecule has 0 fully saturated rings. The van der Waals surface area contributed by atoms with Crippen LogP contribution in [0, 0.1) is 0 Å². The van der Waals surface area contributed by atoms with Gasteiger partial charge in [0.1, 0.15) is 12.2 Å². The summed E-state index contributed by atoms with van der Waals surface area (Å²) in [5.74, 6) is -1.09. The summed E-state index contributed by atoms with van der Waals surface area (Å²) in [6, 6.07) is 0. The Morgan fingerprint density at radius 1 is 0.765 bits per heavy atom. The maximum absolute atomic E-state index is 12.0. The van der Waals surface area contributed by atoms with Crippen molar-refractivity contribution >= 4 is 19.8 Å². The van der Waals surface area contributed by atoms with E-state index in [-0.39, 0.29) is 12.8 Å². The third-order valence-corrected chi connectivity index (χ3v) is 5.63. The topological polar surface area (TPSA) is 149 Å². The molecule has 200 valence electrons. The Morgan fingerprint density at radius 2 is 1.26 bits per heavy atom. The fraction of sp³-hybridized carbons (Fsp3) is 0.826. The molecular weight excluding hydrogens is 467 g/mol. The van der Waals surface area contributed by atoms with E-state index in [9.17, 15) is 29.3 Å². The van der Waals surface area contributed by atoms with E-state index in [2.05, 4.69) is 19.1 Å². The third-order valence-electron chi connectivity index (χ3n) is 4.68. The summed E-state index contributed by atoms with van der Waals surface area (Å²) in [6.45, 7) is 1.63. The average molecular weight is 511 g/mol. The second-order valence-electron chi connectivity index (χ2n) is 7.97. The van der Waals surface area contributed by atoms with Gasteiger partial charge in [-0.2, -0.15) is 0 Å². The number of esters is 2. The van der Waals surface area contributed by atoms with Crippen molar-refractivity contribution in [3.05, 3.63) is 12.2 Å². The monoisotopic (exact) mass is 510 g/mol. The molecule has 34 heavy (non-hydrogen) atoms. The van der Waals surface area contributed by atoms with Crippen LogP contribution in [0.15, 0.2) is 12.2 Å². The second-order valence-corrected chi connectivity index (χ2v) is 9.42. The van der Waals surface area contributed by atoms with Gasteiger partial charge >= 0.3 is 19.8 Å². The lowest BCUT2D eigenvalue weighted by atomic mass is 10.1. The second kappa shape index (κ2) is 21.0. The van der Waals surface area contributed by atoms with Crippen LogP contribution in [-0.4, -0.2) is 65.7 Å². The van der Waals surface area contributed by atoms with Crippen molar-refractivity contribution in [2.75, 3.05) is 26.4 Å². The Bertz CT molecular complexity index is 611. The van der Waals surface area contributed by atoms with Gasteiger partial charge in [-0.25, -0.2) is 4.57 Å². The quantitative estimate of drug-likeness (QED) is 0.0849. The van der Waals surface area contributed by atoms with Gasteiger partial charge in [-0.15, -0.1) is 0 Å². The Balaban J connectivity index is 4.10. The Morgan fingerprint density at radius 3 is 1.79 bits per heavy atom. The van der Waals surface area contributed by atoms with Crippen LogP contribution < -0.4 is 0 Å². The van der Waals surface area contributed by atoms with Crippen LogP contribution in [0.1, 0.15) is 84.5 Å². The van der Waals surface area contributed by atoms with E-state index in [4.69, 9.17) is 18.5 Å². The number of allylic oxidation sites excluding steroid dienone is 2. The SMILES string of the molecule is CCC/C=C\CCCCCCCC(=O)OC(CO)COP(=O)(O)OCC(CO)OC(=O)CCC. The van der Waals surface area contributed by atoms with Crippen LogP contribution in [0.5, 0.6) is 0 Å². The van der Waals surface area contributed by atoms with E-state index >= 15 is 0 Å². The molecule has 0 amide bonds. The van der Waals surface area contributed by atoms with Gasteiger partial charge < -0.3 is 24.6 Å². The fourth-order valence-corrected chi connectivity index (χ4v) is 3.58. The first kappa shape index (κ1) is 32.7. The van der Waals surface area contributed by atoms with Crippen molar-refractivity contribution in [2.45, 2.75) is 96.7 Å². The van der Waals surface area contributed by atoms with E-state index in [0.29, 0.717) is 12.8 Å². The summed E-state index contributed by atoms with van der Waals surface area (Å²) in [5, 5.41) is 18.6. The van der Waals surface area contributed by atoms with E-state index in [1.807, 2.05) is 0 Å². The molecule has 0 saturated heterocycles. The molecule has 10 nitrogen and oxygen atoms in total. The molecule has 0 aliphatic heterocycles. The average Bonchev–Trinajstić information content (AvgIpc) is 2.80. The van der Waals surface area contributed by atoms with Gasteiger partial charge in [0.05, 0.1) is 26.4 Å². The minimum atomic E-state index is -4.58. The number of aliphatic hydroxyl groups is 2. The van der Waals surface area contributed by atoms with Crippen molar-refractivity contribution in [1.82, 2.24) is 0 Å². The molecule has 0 spiro atoms. The number of phosphoric ester groups is 1. The summed E-state index contributed by atoms with van der Waals surface area (Å²) in [6.07, 6.45) is 11.2. The molecule has 0 aliphatic carbocycles. The first-order valence-corrected chi connectivity index (χ1v) is 13.6. The molecule has 0 rings (SSSR count). The first-order chi connectivity index (χ1) is 16.3. The van der Waals surface area contributed by atoms with Crippen molar-refractivity contribution in [3.8, 4) is 0 Å². The van der Waals surface area contributed by atoms with Crippen LogP contribution in [-0.2, 0) is 32.7 Å². The van der Waals surface area contributed by atoms with Crippen molar-refractivity contribution < 1.29 is 47.8 Å². The Hall–Kier alpha value is -1.29. The van der Waals surface area contributed by atoms with E-state index < -0.39 is 58.4 Å². The highest BCUT2D eigenvalue weighted by atomic mass is 31.2. The van der Waals surface area contributed by atoms with Gasteiger partial charge in [-0.1, -0.05) is 51.7 Å². The highest BCUT2D eigenvalue weighted by molar-refractivity contribution is 7.47. The predicted molar refractivity (Wildman–Crippen MR) is 127 cm³/mol. The predicted octanol–water partition coefficient (Wildman–Crippen LogP) is 3.82. The van der Waals surface area contributed by atoms with E-state index in [1.54, 1.807) is 6.92 Å². The van der Waals surface area contributed by atoms with E-state index in [1.165, 1.54) is 0 Å². The zero-order valence-electron chi connectivity index (χ0n) is 20.6. The smallest absolute Gasteiger partial charge is 0.457 e. The molecular formula is C23H43O10P. The van der Waals surface area contributed by atoms with Gasteiger partial charge in [-0.3, -0.25) is 18.6 Å². The van der Waals surface area contributed by atoms with Gasteiger partial charge in [0.25, 0.3) is 0 Å². The van der Waals surface area contributed by atoms with Gasteiger partial charge in [0, 0.05) is 12.8 Å². The minimum absolute atomic E-state index is 0.143. The molecule has 0 aromatic rings. The zero-order chi connectivity index (χ0) is 25.7. The number of carbonyl (C=O) groups is 2. The molecule has 0 saturated carbocycles. The molecule has 0 radical (unpaired) electrons. The maximum Gasteiger partial charge on any atom is 0.472 e. The van der Waals surface area contributed by atoms with Crippen molar-refractivity contribution in [2.24, 2.45) is 0 Å². The molecule has 3 atom stereocenters. The fourth-order valence-electron chi connectivity index (χ4n) is 2.80. The number of ether oxygens (including phenoxy) is 2. The number of unbranched alkanes of at least 4 members (excludes halogenated alkanes) is 6. The lowest BCUT2D eigenvalue weighted by Crippen LogP contribution is -2.28. The summed E-state index contributed by atoms with van der Waals surface area (Å²) in [4.78, 5) is 33.1. The standard InChI is InChI=1S/C23H43O10P/c1-3-5-6-7-8-9-10-11-12-13-15-23(27)33-21(17-25)19-31-34(28,29)30-18-20(16-24)32-22(26)14-4-2/h6-7,20-21,24-25H,3-5,8-19H2,1-2H3,(H,28,29)/b7-6-. The maximum atomic E-state index is 12.0. The van der Waals surface area contributed by atoms with Crippen molar-refractivity contribution in [3.63, 3.8) is 0 Å². The molecule has 11 heteroatoms. The highest BCUT2D eigenvalue weighted by Gasteiger charge is 2.27. The summed E-state index contributed by atoms with van der Waals surface area (Å²) in [7, 11) is -4.58. The highest BCUT2D eigenvalue weighted by Crippen LogP contribution is 2.43.